The maximum absolute atomic E-state index is 12.0. The number of hydrogen-bond acceptors (Lipinski definition) is 3. The van der Waals surface area contributed by atoms with E-state index in [1.54, 1.807) is 25.1 Å². The molecule has 1 aromatic carbocycles. The average molecular weight is 248 g/mol. The molecule has 4 N–H and O–H groups in total. The molecule has 0 bridgehead atoms. The minimum absolute atomic E-state index is 0.0708. The number of phenols is 1. The number of aryl methyl sites for hydroxylation is 1. The van der Waals surface area contributed by atoms with Gasteiger partial charge in [-0.2, -0.15) is 0 Å². The number of benzene rings is 1. The summed E-state index contributed by atoms with van der Waals surface area (Å²) in [5, 5.41) is 12.5. The lowest BCUT2D eigenvalue weighted by molar-refractivity contribution is 0.0926. The molecule has 98 valence electrons. The lowest BCUT2D eigenvalue weighted by Gasteiger charge is -2.26. The van der Waals surface area contributed by atoms with Crippen molar-refractivity contribution >= 4 is 5.91 Å². The second-order valence-corrected chi connectivity index (χ2v) is 5.09. The number of carbonyl (C=O) groups excluding carboxylic acids is 1. The number of nitrogens with two attached hydrogens (primary N) is 1. The lowest BCUT2D eigenvalue weighted by Crippen LogP contribution is -2.40. The third-order valence-electron chi connectivity index (χ3n) is 3.57. The van der Waals surface area contributed by atoms with Crippen molar-refractivity contribution < 1.29 is 9.90 Å². The Hall–Kier alpha value is -1.55. The van der Waals surface area contributed by atoms with Gasteiger partial charge in [0.1, 0.15) is 5.75 Å². The molecule has 2 rings (SSSR count). The first-order chi connectivity index (χ1) is 8.56. The van der Waals surface area contributed by atoms with Crippen LogP contribution >= 0.6 is 0 Å². The lowest BCUT2D eigenvalue weighted by atomic mass is 9.91. The Morgan fingerprint density at radius 3 is 2.61 bits per heavy atom. The number of carbonyl (C=O) groups is 1. The highest BCUT2D eigenvalue weighted by Gasteiger charge is 2.20. The smallest absolute Gasteiger partial charge is 0.251 e. The van der Waals surface area contributed by atoms with E-state index < -0.39 is 0 Å². The number of amides is 1. The third kappa shape index (κ3) is 3.01. The molecule has 0 aliphatic heterocycles. The van der Waals surface area contributed by atoms with Crippen molar-refractivity contribution in [2.75, 3.05) is 0 Å². The second kappa shape index (κ2) is 5.40. The van der Waals surface area contributed by atoms with Gasteiger partial charge in [-0.3, -0.25) is 4.79 Å². The molecule has 18 heavy (non-hydrogen) atoms. The van der Waals surface area contributed by atoms with Crippen LogP contribution in [-0.2, 0) is 0 Å². The first-order valence-electron chi connectivity index (χ1n) is 6.42. The van der Waals surface area contributed by atoms with Crippen LogP contribution in [0.1, 0.15) is 41.6 Å². The quantitative estimate of drug-likeness (QED) is 0.745. The summed E-state index contributed by atoms with van der Waals surface area (Å²) in [5.41, 5.74) is 7.15. The van der Waals surface area contributed by atoms with Crippen molar-refractivity contribution in [3.63, 3.8) is 0 Å². The Bertz CT molecular complexity index is 437. The zero-order valence-electron chi connectivity index (χ0n) is 10.6. The molecule has 1 amide bonds. The Morgan fingerprint density at radius 1 is 1.33 bits per heavy atom. The standard InChI is InChI=1S/C14H20N2O2/c1-9-8-10(2-7-13(9)17)14(18)16-12-5-3-11(15)4-6-12/h2,7-8,11-12,17H,3-6,15H2,1H3,(H,16,18). The molecule has 1 aliphatic carbocycles. The van der Waals surface area contributed by atoms with E-state index >= 15 is 0 Å². The molecule has 0 aromatic heterocycles. The molecular formula is C14H20N2O2. The summed E-state index contributed by atoms with van der Waals surface area (Å²) in [6.45, 7) is 1.78. The van der Waals surface area contributed by atoms with Crippen LogP contribution in [0.2, 0.25) is 0 Å². The zero-order chi connectivity index (χ0) is 13.1. The fourth-order valence-electron chi connectivity index (χ4n) is 2.33. The van der Waals surface area contributed by atoms with Gasteiger partial charge < -0.3 is 16.2 Å². The van der Waals surface area contributed by atoms with E-state index in [1.807, 2.05) is 0 Å². The molecule has 0 unspecified atom stereocenters. The molecule has 0 spiro atoms. The zero-order valence-corrected chi connectivity index (χ0v) is 10.6. The molecular weight excluding hydrogens is 228 g/mol. The van der Waals surface area contributed by atoms with Crippen LogP contribution in [0.5, 0.6) is 5.75 Å². The molecule has 0 radical (unpaired) electrons. The van der Waals surface area contributed by atoms with Gasteiger partial charge in [-0.25, -0.2) is 0 Å². The summed E-state index contributed by atoms with van der Waals surface area (Å²) in [6.07, 6.45) is 3.84. The maximum atomic E-state index is 12.0. The third-order valence-corrected chi connectivity index (χ3v) is 3.57. The van der Waals surface area contributed by atoms with E-state index in [-0.39, 0.29) is 23.7 Å². The van der Waals surface area contributed by atoms with Crippen molar-refractivity contribution in [1.82, 2.24) is 5.32 Å². The summed E-state index contributed by atoms with van der Waals surface area (Å²) in [7, 11) is 0. The number of nitrogens with one attached hydrogen (secondary N) is 1. The number of phenolic OH excluding ortho intramolecular Hbond substituents is 1. The summed E-state index contributed by atoms with van der Waals surface area (Å²) in [6, 6.07) is 5.42. The highest BCUT2D eigenvalue weighted by atomic mass is 16.3. The van der Waals surface area contributed by atoms with Gasteiger partial charge in [0, 0.05) is 17.6 Å². The van der Waals surface area contributed by atoms with Crippen molar-refractivity contribution in [2.24, 2.45) is 5.73 Å². The normalized spacial score (nSPS) is 23.7. The molecule has 1 aliphatic rings. The molecule has 1 aromatic rings. The minimum Gasteiger partial charge on any atom is -0.508 e. The van der Waals surface area contributed by atoms with Crippen molar-refractivity contribution in [2.45, 2.75) is 44.7 Å². The van der Waals surface area contributed by atoms with Crippen LogP contribution in [0.4, 0.5) is 0 Å². The highest BCUT2D eigenvalue weighted by molar-refractivity contribution is 5.94. The summed E-state index contributed by atoms with van der Waals surface area (Å²) in [5.74, 6) is 0.147. The Kier molecular flexibility index (Phi) is 3.87. The number of rotatable bonds is 2. The fourth-order valence-corrected chi connectivity index (χ4v) is 2.33. The Labute approximate surface area is 107 Å². The highest BCUT2D eigenvalue weighted by Crippen LogP contribution is 2.19. The summed E-state index contributed by atoms with van der Waals surface area (Å²) < 4.78 is 0. The van der Waals surface area contributed by atoms with E-state index in [2.05, 4.69) is 5.32 Å². The summed E-state index contributed by atoms with van der Waals surface area (Å²) >= 11 is 0. The van der Waals surface area contributed by atoms with E-state index in [0.29, 0.717) is 11.1 Å². The maximum Gasteiger partial charge on any atom is 0.251 e. The minimum atomic E-state index is -0.0708. The topological polar surface area (TPSA) is 75.4 Å². The summed E-state index contributed by atoms with van der Waals surface area (Å²) in [4.78, 5) is 12.0. The second-order valence-electron chi connectivity index (χ2n) is 5.09. The van der Waals surface area contributed by atoms with E-state index in [9.17, 15) is 9.90 Å². The van der Waals surface area contributed by atoms with Gasteiger partial charge in [0.05, 0.1) is 0 Å². The van der Waals surface area contributed by atoms with E-state index in [4.69, 9.17) is 5.73 Å². The SMILES string of the molecule is Cc1cc(C(=O)NC2CCC(N)CC2)ccc1O. The number of hydrogen-bond donors (Lipinski definition) is 3. The van der Waals surface area contributed by atoms with Crippen LogP contribution in [0.25, 0.3) is 0 Å². The van der Waals surface area contributed by atoms with Crippen LogP contribution in [0.3, 0.4) is 0 Å². The van der Waals surface area contributed by atoms with Crippen molar-refractivity contribution in [1.29, 1.82) is 0 Å². The molecule has 4 heteroatoms. The van der Waals surface area contributed by atoms with Crippen LogP contribution in [0.15, 0.2) is 18.2 Å². The van der Waals surface area contributed by atoms with Crippen molar-refractivity contribution in [3.8, 4) is 5.75 Å². The van der Waals surface area contributed by atoms with E-state index in [1.165, 1.54) is 0 Å². The van der Waals surface area contributed by atoms with Gasteiger partial charge in [0.25, 0.3) is 5.91 Å². The van der Waals surface area contributed by atoms with Crippen LogP contribution in [-0.4, -0.2) is 23.1 Å². The Balaban J connectivity index is 1.97. The molecule has 1 fully saturated rings. The van der Waals surface area contributed by atoms with Crippen LogP contribution < -0.4 is 11.1 Å². The molecule has 1 saturated carbocycles. The van der Waals surface area contributed by atoms with Gasteiger partial charge in [-0.15, -0.1) is 0 Å². The van der Waals surface area contributed by atoms with Gasteiger partial charge in [-0.1, -0.05) is 0 Å². The van der Waals surface area contributed by atoms with Gasteiger partial charge in [0.2, 0.25) is 0 Å². The average Bonchev–Trinajstić information content (AvgIpc) is 2.35. The van der Waals surface area contributed by atoms with E-state index in [0.717, 1.165) is 25.7 Å². The van der Waals surface area contributed by atoms with Gasteiger partial charge in [0.15, 0.2) is 0 Å². The first-order valence-corrected chi connectivity index (χ1v) is 6.42. The van der Waals surface area contributed by atoms with Gasteiger partial charge in [-0.05, 0) is 56.4 Å². The van der Waals surface area contributed by atoms with Crippen LogP contribution in [0, 0.1) is 6.92 Å². The Morgan fingerprint density at radius 2 is 2.00 bits per heavy atom. The van der Waals surface area contributed by atoms with Crippen molar-refractivity contribution in [3.05, 3.63) is 29.3 Å². The number of aromatic hydroxyl groups is 1. The van der Waals surface area contributed by atoms with Gasteiger partial charge >= 0.3 is 0 Å². The first kappa shape index (κ1) is 12.9. The monoisotopic (exact) mass is 248 g/mol. The fraction of sp³-hybridized carbons (Fsp3) is 0.500. The molecule has 0 atom stereocenters. The molecule has 0 saturated heterocycles. The largest absolute Gasteiger partial charge is 0.508 e. The molecule has 0 heterocycles. The predicted octanol–water partition coefficient (Wildman–Crippen LogP) is 1.70. The predicted molar refractivity (Wildman–Crippen MR) is 70.5 cm³/mol. The molecule has 4 nitrogen and oxygen atoms in total.